The van der Waals surface area contributed by atoms with Crippen LogP contribution in [-0.4, -0.2) is 28.8 Å². The van der Waals surface area contributed by atoms with Crippen LogP contribution >= 0.6 is 0 Å². The number of allylic oxidation sites excluding steroid dienone is 3. The molecule has 0 saturated heterocycles. The van der Waals surface area contributed by atoms with Crippen LogP contribution in [0, 0.1) is 0 Å². The quantitative estimate of drug-likeness (QED) is 0.821. The third-order valence-corrected chi connectivity index (χ3v) is 2.56. The highest BCUT2D eigenvalue weighted by Gasteiger charge is 2.24. The summed E-state index contributed by atoms with van der Waals surface area (Å²) in [5.74, 6) is -1.05. The molecule has 0 aromatic carbocycles. The molecular formula is C14H21NO4. The number of hydrogen-bond acceptors (Lipinski definition) is 3. The first-order chi connectivity index (χ1) is 8.78. The molecule has 5 nitrogen and oxygen atoms in total. The zero-order valence-corrected chi connectivity index (χ0v) is 11.6. The van der Waals surface area contributed by atoms with Crippen LogP contribution in [0.5, 0.6) is 0 Å². The van der Waals surface area contributed by atoms with Gasteiger partial charge in [-0.05, 0) is 40.0 Å². The standard InChI is InChI=1S/C14H21NO4/c1-14(2,3)19-13(18)15-11(12(16)17)9-10-7-5-4-6-8-10/h4-5,7,11H,6,8-9H2,1-3H3,(H,15,18)(H,16,17). The van der Waals surface area contributed by atoms with Gasteiger partial charge in [0.25, 0.3) is 0 Å². The van der Waals surface area contributed by atoms with E-state index in [1.165, 1.54) is 0 Å². The summed E-state index contributed by atoms with van der Waals surface area (Å²) in [6.07, 6.45) is 7.17. The highest BCUT2D eigenvalue weighted by Crippen LogP contribution is 2.17. The molecular weight excluding hydrogens is 246 g/mol. The van der Waals surface area contributed by atoms with Gasteiger partial charge in [0.2, 0.25) is 0 Å². The Labute approximate surface area is 113 Å². The van der Waals surface area contributed by atoms with Crippen molar-refractivity contribution in [2.75, 3.05) is 0 Å². The summed E-state index contributed by atoms with van der Waals surface area (Å²) in [5.41, 5.74) is 0.380. The van der Waals surface area contributed by atoms with Crippen LogP contribution in [0.2, 0.25) is 0 Å². The van der Waals surface area contributed by atoms with E-state index in [-0.39, 0.29) is 0 Å². The highest BCUT2D eigenvalue weighted by atomic mass is 16.6. The molecule has 19 heavy (non-hydrogen) atoms. The average Bonchev–Trinajstić information content (AvgIpc) is 2.26. The molecule has 0 heterocycles. The molecule has 0 aliphatic heterocycles. The predicted molar refractivity (Wildman–Crippen MR) is 71.9 cm³/mol. The second kappa shape index (κ2) is 6.41. The van der Waals surface area contributed by atoms with Gasteiger partial charge in [-0.1, -0.05) is 23.8 Å². The number of carboxylic acid groups (broad SMARTS) is 1. The Morgan fingerprint density at radius 2 is 2.16 bits per heavy atom. The third-order valence-electron chi connectivity index (χ3n) is 2.56. The summed E-state index contributed by atoms with van der Waals surface area (Å²) in [6.45, 7) is 5.20. The Morgan fingerprint density at radius 1 is 1.47 bits per heavy atom. The fraction of sp³-hybridized carbons (Fsp3) is 0.571. The van der Waals surface area contributed by atoms with Crippen LogP contribution in [0.3, 0.4) is 0 Å². The Bertz CT molecular complexity index is 404. The van der Waals surface area contributed by atoms with Gasteiger partial charge in [0.1, 0.15) is 11.6 Å². The van der Waals surface area contributed by atoms with Crippen molar-refractivity contribution in [1.29, 1.82) is 0 Å². The van der Waals surface area contributed by atoms with Gasteiger partial charge >= 0.3 is 12.1 Å². The lowest BCUT2D eigenvalue weighted by Crippen LogP contribution is -2.43. The fourth-order valence-corrected chi connectivity index (χ4v) is 1.73. The molecule has 1 aliphatic carbocycles. The van der Waals surface area contributed by atoms with Crippen molar-refractivity contribution < 1.29 is 19.4 Å². The van der Waals surface area contributed by atoms with Gasteiger partial charge in [-0.3, -0.25) is 0 Å². The van der Waals surface area contributed by atoms with E-state index >= 15 is 0 Å². The number of carboxylic acids is 1. The number of hydrogen-bond donors (Lipinski definition) is 2. The van der Waals surface area contributed by atoms with Gasteiger partial charge in [0, 0.05) is 0 Å². The summed E-state index contributed by atoms with van der Waals surface area (Å²) in [7, 11) is 0. The Hall–Kier alpha value is -1.78. The van der Waals surface area contributed by atoms with Gasteiger partial charge in [-0.2, -0.15) is 0 Å². The predicted octanol–water partition coefficient (Wildman–Crippen LogP) is 2.63. The first-order valence-corrected chi connectivity index (χ1v) is 6.35. The lowest BCUT2D eigenvalue weighted by molar-refractivity contribution is -0.139. The lowest BCUT2D eigenvalue weighted by atomic mass is 9.98. The van der Waals surface area contributed by atoms with Crippen LogP contribution < -0.4 is 5.32 Å². The molecule has 2 N–H and O–H groups in total. The molecule has 1 unspecified atom stereocenters. The van der Waals surface area contributed by atoms with Gasteiger partial charge < -0.3 is 15.2 Å². The number of rotatable bonds is 4. The Kier molecular flexibility index (Phi) is 5.15. The minimum atomic E-state index is -1.05. The maximum Gasteiger partial charge on any atom is 0.408 e. The van der Waals surface area contributed by atoms with E-state index in [0.29, 0.717) is 6.42 Å². The Morgan fingerprint density at radius 3 is 2.63 bits per heavy atom. The number of amides is 1. The second-order valence-corrected chi connectivity index (χ2v) is 5.53. The maximum atomic E-state index is 11.6. The smallest absolute Gasteiger partial charge is 0.408 e. The van der Waals surface area contributed by atoms with E-state index in [4.69, 9.17) is 9.84 Å². The largest absolute Gasteiger partial charge is 0.480 e. The SMILES string of the molecule is CC(C)(C)OC(=O)NC(CC1=CC=CCC1)C(=O)O. The molecule has 0 aromatic heterocycles. The molecule has 0 fully saturated rings. The van der Waals surface area contributed by atoms with Crippen molar-refractivity contribution >= 4 is 12.1 Å². The number of nitrogens with one attached hydrogen (secondary N) is 1. The molecule has 0 radical (unpaired) electrons. The van der Waals surface area contributed by atoms with E-state index in [1.807, 2.05) is 18.2 Å². The molecule has 0 spiro atoms. The maximum absolute atomic E-state index is 11.6. The number of ether oxygens (including phenoxy) is 1. The topological polar surface area (TPSA) is 75.6 Å². The molecule has 0 bridgehead atoms. The monoisotopic (exact) mass is 267 g/mol. The molecule has 0 saturated carbocycles. The highest BCUT2D eigenvalue weighted by molar-refractivity contribution is 5.80. The first kappa shape index (κ1) is 15.3. The summed E-state index contributed by atoms with van der Waals surface area (Å²) >= 11 is 0. The summed E-state index contributed by atoms with van der Waals surface area (Å²) in [6, 6.07) is -0.951. The van der Waals surface area contributed by atoms with E-state index in [2.05, 4.69) is 5.32 Å². The molecule has 1 amide bonds. The summed E-state index contributed by atoms with van der Waals surface area (Å²) < 4.78 is 5.06. The minimum Gasteiger partial charge on any atom is -0.480 e. The summed E-state index contributed by atoms with van der Waals surface area (Å²) in [4.78, 5) is 22.7. The second-order valence-electron chi connectivity index (χ2n) is 5.53. The van der Waals surface area contributed by atoms with Crippen molar-refractivity contribution in [1.82, 2.24) is 5.32 Å². The van der Waals surface area contributed by atoms with Crippen molar-refractivity contribution in [3.05, 3.63) is 23.8 Å². The first-order valence-electron chi connectivity index (χ1n) is 6.35. The van der Waals surface area contributed by atoms with E-state index < -0.39 is 23.7 Å². The van der Waals surface area contributed by atoms with Crippen molar-refractivity contribution in [3.63, 3.8) is 0 Å². The third kappa shape index (κ3) is 6.08. The minimum absolute atomic E-state index is 0.304. The van der Waals surface area contributed by atoms with Gasteiger partial charge in [-0.25, -0.2) is 9.59 Å². The van der Waals surface area contributed by atoms with Gasteiger partial charge in [0.05, 0.1) is 0 Å². The molecule has 1 atom stereocenters. The van der Waals surface area contributed by atoms with Crippen LogP contribution in [-0.2, 0) is 9.53 Å². The number of carbonyl (C=O) groups excluding carboxylic acids is 1. The number of alkyl carbamates (subject to hydrolysis) is 1. The van der Waals surface area contributed by atoms with Crippen LogP contribution in [0.25, 0.3) is 0 Å². The van der Waals surface area contributed by atoms with Crippen LogP contribution in [0.4, 0.5) is 4.79 Å². The summed E-state index contributed by atoms with van der Waals surface area (Å²) in [5, 5.41) is 11.5. The molecule has 5 heteroatoms. The Balaban J connectivity index is 2.58. The number of carbonyl (C=O) groups is 2. The molecule has 1 rings (SSSR count). The van der Waals surface area contributed by atoms with E-state index in [0.717, 1.165) is 18.4 Å². The van der Waals surface area contributed by atoms with Crippen LogP contribution in [0.15, 0.2) is 23.8 Å². The number of aliphatic carboxylic acids is 1. The van der Waals surface area contributed by atoms with Gasteiger partial charge in [0.15, 0.2) is 0 Å². The van der Waals surface area contributed by atoms with Crippen molar-refractivity contribution in [3.8, 4) is 0 Å². The normalized spacial score (nSPS) is 16.5. The molecule has 1 aliphatic rings. The van der Waals surface area contributed by atoms with Crippen molar-refractivity contribution in [2.24, 2.45) is 0 Å². The van der Waals surface area contributed by atoms with E-state index in [1.54, 1.807) is 20.8 Å². The zero-order chi connectivity index (χ0) is 14.5. The molecule has 0 aromatic rings. The van der Waals surface area contributed by atoms with Gasteiger partial charge in [-0.15, -0.1) is 0 Å². The lowest BCUT2D eigenvalue weighted by Gasteiger charge is -2.22. The molecule has 106 valence electrons. The fourth-order valence-electron chi connectivity index (χ4n) is 1.73. The zero-order valence-electron chi connectivity index (χ0n) is 11.6. The van der Waals surface area contributed by atoms with E-state index in [9.17, 15) is 9.59 Å². The van der Waals surface area contributed by atoms with Crippen molar-refractivity contribution in [2.45, 2.75) is 51.7 Å². The van der Waals surface area contributed by atoms with Crippen LogP contribution in [0.1, 0.15) is 40.0 Å². The average molecular weight is 267 g/mol.